The van der Waals surface area contributed by atoms with Crippen LogP contribution < -0.4 is 4.46 Å². The Balaban J connectivity index is 2.31. The molecule has 0 bridgehead atoms. The van der Waals surface area contributed by atoms with Crippen molar-refractivity contribution < 1.29 is 0 Å². The Labute approximate surface area is 119 Å². The molecule has 1 aromatic carbocycles. The van der Waals surface area contributed by atoms with E-state index < -0.39 is 0 Å². The zero-order valence-corrected chi connectivity index (χ0v) is 14.0. The third-order valence-electron chi connectivity index (χ3n) is 3.28. The van der Waals surface area contributed by atoms with Crippen LogP contribution in [-0.4, -0.2) is 40.0 Å². The molecule has 0 unspecified atom stereocenters. The van der Waals surface area contributed by atoms with Crippen LogP contribution in [0.25, 0.3) is 0 Å². The Kier molecular flexibility index (Phi) is 7.65. The molecule has 0 aromatic heterocycles. The SMILES string of the molecule is C[Se]c1ccccc1CCN(C)CCCC(C)C. The van der Waals surface area contributed by atoms with Gasteiger partial charge in [-0.2, -0.15) is 0 Å². The van der Waals surface area contributed by atoms with Gasteiger partial charge in [-0.15, -0.1) is 0 Å². The van der Waals surface area contributed by atoms with Gasteiger partial charge in [0.15, 0.2) is 0 Å². The Morgan fingerprint density at radius 1 is 1.17 bits per heavy atom. The molecule has 0 radical (unpaired) electrons. The van der Waals surface area contributed by atoms with Gasteiger partial charge >= 0.3 is 119 Å². The third-order valence-corrected chi connectivity index (χ3v) is 5.04. The van der Waals surface area contributed by atoms with Crippen LogP contribution >= 0.6 is 0 Å². The molecule has 0 spiro atoms. The van der Waals surface area contributed by atoms with E-state index in [1.165, 1.54) is 32.4 Å². The predicted octanol–water partition coefficient (Wildman–Crippen LogP) is 2.97. The summed E-state index contributed by atoms with van der Waals surface area (Å²) in [5.74, 6) is 3.14. The van der Waals surface area contributed by atoms with E-state index in [-0.39, 0.29) is 0 Å². The van der Waals surface area contributed by atoms with Crippen molar-refractivity contribution in [1.82, 2.24) is 4.90 Å². The van der Waals surface area contributed by atoms with Crippen molar-refractivity contribution in [3.05, 3.63) is 29.8 Å². The summed E-state index contributed by atoms with van der Waals surface area (Å²) in [5.41, 5.74) is 1.55. The zero-order valence-electron chi connectivity index (χ0n) is 12.3. The summed E-state index contributed by atoms with van der Waals surface area (Å²) >= 11 is 0.618. The molecule has 0 aliphatic carbocycles. The number of hydrogen-bond acceptors (Lipinski definition) is 1. The van der Waals surface area contributed by atoms with Crippen LogP contribution in [0.15, 0.2) is 24.3 Å². The molecule has 1 rings (SSSR count). The molecule has 102 valence electrons. The minimum atomic E-state index is 0.618. The molecule has 0 fully saturated rings. The van der Waals surface area contributed by atoms with Crippen LogP contribution in [0.3, 0.4) is 0 Å². The van der Waals surface area contributed by atoms with Gasteiger partial charge in [-0.1, -0.05) is 0 Å². The number of nitrogens with zero attached hydrogens (tertiary/aromatic N) is 1. The number of hydrogen-bond donors (Lipinski definition) is 0. The summed E-state index contributed by atoms with van der Waals surface area (Å²) in [5, 5.41) is 0. The third kappa shape index (κ3) is 6.04. The molecule has 0 saturated carbocycles. The second kappa shape index (κ2) is 8.74. The second-order valence-electron chi connectivity index (χ2n) is 5.40. The van der Waals surface area contributed by atoms with Crippen molar-refractivity contribution in [2.45, 2.75) is 38.9 Å². The monoisotopic (exact) mass is 313 g/mol. The zero-order chi connectivity index (χ0) is 13.4. The summed E-state index contributed by atoms with van der Waals surface area (Å²) in [4.78, 5) is 2.47. The number of likely N-dealkylation sites (N-methyl/N-ethyl adjacent to an activating group) is 1. The quantitative estimate of drug-likeness (QED) is 0.667. The van der Waals surface area contributed by atoms with E-state index in [0.717, 1.165) is 5.92 Å². The molecule has 1 nitrogen and oxygen atoms in total. The molecule has 0 aliphatic heterocycles. The van der Waals surface area contributed by atoms with Gasteiger partial charge in [-0.25, -0.2) is 0 Å². The van der Waals surface area contributed by atoms with Gasteiger partial charge in [0, 0.05) is 0 Å². The molecule has 0 amide bonds. The van der Waals surface area contributed by atoms with Gasteiger partial charge in [-0.3, -0.25) is 0 Å². The van der Waals surface area contributed by atoms with E-state index in [9.17, 15) is 0 Å². The van der Waals surface area contributed by atoms with E-state index in [4.69, 9.17) is 0 Å². The number of benzene rings is 1. The van der Waals surface area contributed by atoms with E-state index in [1.807, 2.05) is 0 Å². The molecule has 0 atom stereocenters. The summed E-state index contributed by atoms with van der Waals surface area (Å²) in [6.45, 7) is 7.03. The molecule has 0 heterocycles. The fourth-order valence-electron chi connectivity index (χ4n) is 2.10. The van der Waals surface area contributed by atoms with Crippen molar-refractivity contribution in [3.8, 4) is 0 Å². The maximum absolute atomic E-state index is 2.47. The normalized spacial score (nSPS) is 11.4. The van der Waals surface area contributed by atoms with Crippen molar-refractivity contribution >= 4 is 19.4 Å². The fourth-order valence-corrected chi connectivity index (χ4v) is 3.46. The van der Waals surface area contributed by atoms with Crippen LogP contribution in [0.5, 0.6) is 0 Å². The average Bonchev–Trinajstić information content (AvgIpc) is 2.36. The first-order valence-electron chi connectivity index (χ1n) is 6.94. The molecule has 0 saturated heterocycles. The number of rotatable bonds is 8. The molecular formula is C16H27NSe. The van der Waals surface area contributed by atoms with Crippen molar-refractivity contribution in [2.75, 3.05) is 20.1 Å². The molecular weight excluding hydrogens is 285 g/mol. The van der Waals surface area contributed by atoms with Crippen molar-refractivity contribution in [2.24, 2.45) is 5.92 Å². The summed E-state index contributed by atoms with van der Waals surface area (Å²) in [6.07, 6.45) is 3.87. The molecule has 2 heteroatoms. The van der Waals surface area contributed by atoms with Gasteiger partial charge in [-0.05, 0) is 0 Å². The summed E-state index contributed by atoms with van der Waals surface area (Å²) in [6, 6.07) is 8.91. The minimum absolute atomic E-state index is 0.618. The molecule has 0 aliphatic rings. The molecule has 0 N–H and O–H groups in total. The maximum atomic E-state index is 2.47. The Morgan fingerprint density at radius 2 is 1.89 bits per heavy atom. The first-order chi connectivity index (χ1) is 8.63. The van der Waals surface area contributed by atoms with Crippen molar-refractivity contribution in [1.29, 1.82) is 0 Å². The van der Waals surface area contributed by atoms with Crippen LogP contribution in [0.2, 0.25) is 5.82 Å². The Bertz CT molecular complexity index is 336. The van der Waals surface area contributed by atoms with Gasteiger partial charge in [0.1, 0.15) is 0 Å². The van der Waals surface area contributed by atoms with Crippen LogP contribution in [-0.2, 0) is 6.42 Å². The van der Waals surface area contributed by atoms with E-state index in [1.54, 1.807) is 10.0 Å². The Hall–Kier alpha value is -0.301. The summed E-state index contributed by atoms with van der Waals surface area (Å²) in [7, 11) is 2.25. The van der Waals surface area contributed by atoms with Gasteiger partial charge in [0.05, 0.1) is 0 Å². The van der Waals surface area contributed by atoms with Crippen molar-refractivity contribution in [3.63, 3.8) is 0 Å². The molecule has 18 heavy (non-hydrogen) atoms. The van der Waals surface area contributed by atoms with E-state index in [0.29, 0.717) is 15.0 Å². The summed E-state index contributed by atoms with van der Waals surface area (Å²) < 4.78 is 1.57. The standard InChI is InChI=1S/C16H27NSe/c1-14(2)8-7-12-17(3)13-11-15-9-5-6-10-16(15)18-4/h5-6,9-10,14H,7-8,11-13H2,1-4H3. The molecule has 1 aromatic rings. The topological polar surface area (TPSA) is 3.24 Å². The van der Waals surface area contributed by atoms with Crippen LogP contribution in [0, 0.1) is 5.92 Å². The predicted molar refractivity (Wildman–Crippen MR) is 83.0 cm³/mol. The van der Waals surface area contributed by atoms with E-state index >= 15 is 0 Å². The van der Waals surface area contributed by atoms with Crippen LogP contribution in [0.1, 0.15) is 32.3 Å². The van der Waals surface area contributed by atoms with Crippen LogP contribution in [0.4, 0.5) is 0 Å². The first kappa shape index (κ1) is 15.8. The second-order valence-corrected chi connectivity index (χ2v) is 7.18. The first-order valence-corrected chi connectivity index (χ1v) is 9.51. The Morgan fingerprint density at radius 3 is 2.56 bits per heavy atom. The van der Waals surface area contributed by atoms with E-state index in [2.05, 4.69) is 55.9 Å². The average molecular weight is 312 g/mol. The van der Waals surface area contributed by atoms with Gasteiger partial charge < -0.3 is 0 Å². The fraction of sp³-hybridized carbons (Fsp3) is 0.625. The van der Waals surface area contributed by atoms with Gasteiger partial charge in [0.2, 0.25) is 0 Å². The van der Waals surface area contributed by atoms with Gasteiger partial charge in [0.25, 0.3) is 0 Å².